The van der Waals surface area contributed by atoms with Gasteiger partial charge in [-0.1, -0.05) is 100 Å². The van der Waals surface area contributed by atoms with E-state index >= 15 is 0 Å². The Balaban J connectivity index is 2.92. The molecule has 20 heavy (non-hydrogen) atoms. The quantitative estimate of drug-likeness (QED) is 0.512. The Morgan fingerprint density at radius 1 is 0.950 bits per heavy atom. The molecule has 0 heterocycles. The maximum absolute atomic E-state index is 2.45. The van der Waals surface area contributed by atoms with E-state index in [9.17, 15) is 0 Å². The Morgan fingerprint density at radius 3 is 1.95 bits per heavy atom. The van der Waals surface area contributed by atoms with Crippen molar-refractivity contribution >= 4 is 14.1 Å². The van der Waals surface area contributed by atoms with Crippen LogP contribution in [0.3, 0.4) is 0 Å². The fourth-order valence-corrected chi connectivity index (χ4v) is 9.82. The van der Waals surface area contributed by atoms with Crippen LogP contribution in [0.5, 0.6) is 0 Å². The second-order valence-corrected chi connectivity index (χ2v) is 13.2. The molecule has 0 aliphatic heterocycles. The van der Waals surface area contributed by atoms with E-state index in [2.05, 4.69) is 84.9 Å². The molecule has 0 spiro atoms. The van der Waals surface area contributed by atoms with Gasteiger partial charge in [-0.3, -0.25) is 0 Å². The third-order valence-corrected chi connectivity index (χ3v) is 12.4. The minimum Gasteiger partial charge on any atom is -0.0866 e. The summed E-state index contributed by atoms with van der Waals surface area (Å²) < 4.78 is 0. The Hall–Kier alpha value is -0.823. The van der Waals surface area contributed by atoms with Gasteiger partial charge >= 0.3 is 0 Å². The fourth-order valence-electron chi connectivity index (χ4n) is 3.88. The molecular formula is C19H32Si. The van der Waals surface area contributed by atoms with E-state index in [1.54, 1.807) is 0 Å². The number of hydrogen-bond acceptors (Lipinski definition) is 0. The molecule has 1 aromatic carbocycles. The molecule has 1 aromatic rings. The lowest BCUT2D eigenvalue weighted by Gasteiger charge is -2.42. The van der Waals surface area contributed by atoms with Gasteiger partial charge in [0.2, 0.25) is 0 Å². The second-order valence-electron chi connectivity index (χ2n) is 7.10. The standard InChI is InChI=1S/C19H32Si/c1-15(2)20(16(3)4,17(5)6)13-9-12-19-11-8-10-18(7)14-19/h8-12,14-17H,13H2,1-7H3/b12-9+. The highest BCUT2D eigenvalue weighted by Crippen LogP contribution is 2.44. The summed E-state index contributed by atoms with van der Waals surface area (Å²) in [6, 6.07) is 10.1. The van der Waals surface area contributed by atoms with E-state index in [1.165, 1.54) is 17.2 Å². The van der Waals surface area contributed by atoms with Gasteiger partial charge in [0, 0.05) is 0 Å². The molecule has 0 amide bonds. The molecule has 0 unspecified atom stereocenters. The van der Waals surface area contributed by atoms with Crippen molar-refractivity contribution in [2.75, 3.05) is 0 Å². The predicted octanol–water partition coefficient (Wildman–Crippen LogP) is 6.69. The lowest BCUT2D eigenvalue weighted by atomic mass is 10.1. The van der Waals surface area contributed by atoms with Crippen molar-refractivity contribution in [2.24, 2.45) is 0 Å². The number of rotatable bonds is 6. The SMILES string of the molecule is Cc1cccc(/C=C/C[Si](C(C)C)(C(C)C)C(C)C)c1. The van der Waals surface area contributed by atoms with Gasteiger partial charge in [0.05, 0.1) is 8.07 Å². The van der Waals surface area contributed by atoms with Gasteiger partial charge in [0.1, 0.15) is 0 Å². The van der Waals surface area contributed by atoms with Crippen LogP contribution >= 0.6 is 0 Å². The van der Waals surface area contributed by atoms with Crippen molar-refractivity contribution in [2.45, 2.75) is 71.1 Å². The minimum absolute atomic E-state index is 0.838. The van der Waals surface area contributed by atoms with Gasteiger partial charge in [0.15, 0.2) is 0 Å². The van der Waals surface area contributed by atoms with Crippen LogP contribution in [0.4, 0.5) is 0 Å². The number of aryl methyl sites for hydroxylation is 1. The largest absolute Gasteiger partial charge is 0.0866 e. The Labute approximate surface area is 127 Å². The van der Waals surface area contributed by atoms with Gasteiger partial charge in [0.25, 0.3) is 0 Å². The molecule has 0 aliphatic rings. The van der Waals surface area contributed by atoms with E-state index in [1.807, 2.05) is 0 Å². The first kappa shape index (κ1) is 17.2. The number of benzene rings is 1. The first-order valence-electron chi connectivity index (χ1n) is 8.04. The summed E-state index contributed by atoms with van der Waals surface area (Å²) in [5.74, 6) is 0. The zero-order valence-electron chi connectivity index (χ0n) is 14.4. The number of allylic oxidation sites excluding steroid dienone is 1. The summed E-state index contributed by atoms with van der Waals surface area (Å²) in [5, 5.41) is 0. The van der Waals surface area contributed by atoms with Gasteiger partial charge in [-0.05, 0) is 18.5 Å². The molecule has 0 nitrogen and oxygen atoms in total. The van der Waals surface area contributed by atoms with E-state index in [0.717, 1.165) is 16.6 Å². The maximum atomic E-state index is 2.45. The third-order valence-electron chi connectivity index (χ3n) is 5.05. The third kappa shape index (κ3) is 3.85. The minimum atomic E-state index is -1.28. The van der Waals surface area contributed by atoms with Crippen LogP contribution in [0.2, 0.25) is 22.7 Å². The van der Waals surface area contributed by atoms with Crippen LogP contribution in [0.15, 0.2) is 30.3 Å². The van der Waals surface area contributed by atoms with E-state index < -0.39 is 8.07 Å². The molecule has 0 atom stereocenters. The van der Waals surface area contributed by atoms with Gasteiger partial charge in [-0.15, -0.1) is 0 Å². The molecule has 0 aliphatic carbocycles. The van der Waals surface area contributed by atoms with Crippen LogP contribution in [-0.4, -0.2) is 8.07 Å². The zero-order valence-corrected chi connectivity index (χ0v) is 15.4. The van der Waals surface area contributed by atoms with Crippen molar-refractivity contribution in [3.8, 4) is 0 Å². The molecule has 1 rings (SSSR count). The molecule has 0 saturated carbocycles. The Kier molecular flexibility index (Phi) is 6.26. The van der Waals surface area contributed by atoms with Crippen molar-refractivity contribution in [1.82, 2.24) is 0 Å². The monoisotopic (exact) mass is 288 g/mol. The molecular weight excluding hydrogens is 256 g/mol. The van der Waals surface area contributed by atoms with Crippen LogP contribution < -0.4 is 0 Å². The summed E-state index contributed by atoms with van der Waals surface area (Å²) >= 11 is 0. The van der Waals surface area contributed by atoms with Crippen LogP contribution in [-0.2, 0) is 0 Å². The first-order valence-corrected chi connectivity index (χ1v) is 10.5. The van der Waals surface area contributed by atoms with E-state index in [0.29, 0.717) is 0 Å². The van der Waals surface area contributed by atoms with Gasteiger partial charge in [-0.25, -0.2) is 0 Å². The Morgan fingerprint density at radius 2 is 1.50 bits per heavy atom. The average molecular weight is 289 g/mol. The molecule has 0 saturated heterocycles. The topological polar surface area (TPSA) is 0 Å². The number of hydrogen-bond donors (Lipinski definition) is 0. The summed E-state index contributed by atoms with van der Waals surface area (Å²) in [4.78, 5) is 0. The summed E-state index contributed by atoms with van der Waals surface area (Å²) in [6.07, 6.45) is 4.77. The lowest BCUT2D eigenvalue weighted by molar-refractivity contribution is 0.811. The Bertz CT molecular complexity index is 419. The first-order chi connectivity index (χ1) is 9.30. The van der Waals surface area contributed by atoms with Crippen molar-refractivity contribution in [3.05, 3.63) is 41.5 Å². The van der Waals surface area contributed by atoms with Crippen LogP contribution in [0.1, 0.15) is 52.7 Å². The lowest BCUT2D eigenvalue weighted by Crippen LogP contribution is -2.43. The summed E-state index contributed by atoms with van der Waals surface area (Å²) in [6.45, 7) is 16.8. The fraction of sp³-hybridized carbons (Fsp3) is 0.579. The predicted molar refractivity (Wildman–Crippen MR) is 96.1 cm³/mol. The highest BCUT2D eigenvalue weighted by atomic mass is 28.3. The van der Waals surface area contributed by atoms with E-state index in [-0.39, 0.29) is 0 Å². The highest BCUT2D eigenvalue weighted by molar-refractivity contribution is 6.83. The second kappa shape index (κ2) is 7.26. The molecule has 0 fully saturated rings. The molecule has 0 radical (unpaired) electrons. The highest BCUT2D eigenvalue weighted by Gasteiger charge is 2.41. The smallest absolute Gasteiger partial charge is 0.0650 e. The van der Waals surface area contributed by atoms with Crippen LogP contribution in [0, 0.1) is 6.92 Å². The van der Waals surface area contributed by atoms with Crippen molar-refractivity contribution in [3.63, 3.8) is 0 Å². The van der Waals surface area contributed by atoms with Gasteiger partial charge < -0.3 is 0 Å². The molecule has 0 aromatic heterocycles. The normalized spacial score (nSPS) is 13.1. The summed E-state index contributed by atoms with van der Waals surface area (Å²) in [7, 11) is -1.28. The van der Waals surface area contributed by atoms with Crippen LogP contribution in [0.25, 0.3) is 6.08 Å². The van der Waals surface area contributed by atoms with Gasteiger partial charge in [-0.2, -0.15) is 0 Å². The van der Waals surface area contributed by atoms with E-state index in [4.69, 9.17) is 0 Å². The molecule has 0 N–H and O–H groups in total. The van der Waals surface area contributed by atoms with Crippen molar-refractivity contribution < 1.29 is 0 Å². The molecule has 0 bridgehead atoms. The summed E-state index contributed by atoms with van der Waals surface area (Å²) in [5.41, 5.74) is 5.19. The zero-order chi connectivity index (χ0) is 15.3. The molecule has 112 valence electrons. The average Bonchev–Trinajstić information content (AvgIpc) is 2.33. The molecule has 1 heteroatoms. The maximum Gasteiger partial charge on any atom is 0.0650 e. The van der Waals surface area contributed by atoms with Crippen molar-refractivity contribution in [1.29, 1.82) is 0 Å².